The van der Waals surface area contributed by atoms with Crippen LogP contribution in [-0.4, -0.2) is 46.1 Å². The molecule has 0 spiro atoms. The van der Waals surface area contributed by atoms with Crippen LogP contribution in [0.2, 0.25) is 5.02 Å². The van der Waals surface area contributed by atoms with E-state index in [1.807, 2.05) is 0 Å². The number of hydrogen-bond acceptors (Lipinski definition) is 5. The van der Waals surface area contributed by atoms with Crippen molar-refractivity contribution in [3.63, 3.8) is 0 Å². The molecule has 0 aromatic heterocycles. The number of amides is 1. The fourth-order valence-corrected chi connectivity index (χ4v) is 1.59. The zero-order chi connectivity index (χ0) is 15.5. The van der Waals surface area contributed by atoms with Gasteiger partial charge in [0.05, 0.1) is 50.2 Å². The van der Waals surface area contributed by atoms with E-state index in [0.717, 1.165) is 0 Å². The lowest BCUT2D eigenvalue weighted by atomic mass is 10.2. The van der Waals surface area contributed by atoms with Crippen molar-refractivity contribution in [1.29, 1.82) is 0 Å². The van der Waals surface area contributed by atoms with Gasteiger partial charge >= 0.3 is 0 Å². The molecule has 0 radical (unpaired) electrons. The van der Waals surface area contributed by atoms with Crippen LogP contribution in [0.25, 0.3) is 0 Å². The van der Waals surface area contributed by atoms with Crippen molar-refractivity contribution in [2.45, 2.75) is 6.42 Å². The van der Waals surface area contributed by atoms with E-state index in [0.29, 0.717) is 49.4 Å². The maximum Gasteiger partial charge on any atom is 0.226 e. The highest BCUT2D eigenvalue weighted by atomic mass is 35.5. The van der Waals surface area contributed by atoms with Gasteiger partial charge in [-0.05, 0) is 18.2 Å². The van der Waals surface area contributed by atoms with Crippen LogP contribution in [0.3, 0.4) is 0 Å². The topological polar surface area (TPSA) is 82.8 Å². The quantitative estimate of drug-likeness (QED) is 0.509. The Bertz CT molecular complexity index is 443. The van der Waals surface area contributed by atoms with Crippen molar-refractivity contribution < 1.29 is 19.0 Å². The number of benzene rings is 1. The summed E-state index contributed by atoms with van der Waals surface area (Å²) in [6.45, 7) is 2.37. The molecule has 118 valence electrons. The average molecular weight is 317 g/mol. The normalized spacial score (nSPS) is 10.6. The molecular formula is C14H21ClN2O4. The van der Waals surface area contributed by atoms with E-state index < -0.39 is 0 Å². The Morgan fingerprint density at radius 1 is 1.19 bits per heavy atom. The maximum absolute atomic E-state index is 11.7. The summed E-state index contributed by atoms with van der Waals surface area (Å²) in [6, 6.07) is 4.95. The van der Waals surface area contributed by atoms with Gasteiger partial charge in [0.15, 0.2) is 0 Å². The van der Waals surface area contributed by atoms with Gasteiger partial charge < -0.3 is 25.3 Å². The van der Waals surface area contributed by atoms with E-state index in [1.165, 1.54) is 0 Å². The van der Waals surface area contributed by atoms with Crippen LogP contribution < -0.4 is 11.1 Å². The van der Waals surface area contributed by atoms with Gasteiger partial charge in [-0.1, -0.05) is 11.6 Å². The van der Waals surface area contributed by atoms with Crippen molar-refractivity contribution in [1.82, 2.24) is 0 Å². The first kappa shape index (κ1) is 17.7. The van der Waals surface area contributed by atoms with E-state index in [1.54, 1.807) is 25.3 Å². The van der Waals surface area contributed by atoms with E-state index >= 15 is 0 Å². The molecule has 0 unspecified atom stereocenters. The summed E-state index contributed by atoms with van der Waals surface area (Å²) in [6.07, 6.45) is 0.264. The molecule has 0 aliphatic carbocycles. The molecular weight excluding hydrogens is 296 g/mol. The Morgan fingerprint density at radius 3 is 2.52 bits per heavy atom. The Morgan fingerprint density at radius 2 is 1.86 bits per heavy atom. The number of rotatable bonds is 10. The van der Waals surface area contributed by atoms with Crippen LogP contribution >= 0.6 is 11.6 Å². The molecule has 0 aliphatic heterocycles. The lowest BCUT2D eigenvalue weighted by Crippen LogP contribution is -2.15. The van der Waals surface area contributed by atoms with Gasteiger partial charge in [-0.25, -0.2) is 0 Å². The summed E-state index contributed by atoms with van der Waals surface area (Å²) in [4.78, 5) is 11.7. The third-order valence-electron chi connectivity index (χ3n) is 2.56. The van der Waals surface area contributed by atoms with Crippen LogP contribution in [0.4, 0.5) is 11.4 Å². The van der Waals surface area contributed by atoms with E-state index in [2.05, 4.69) is 5.32 Å². The Balaban J connectivity index is 2.10. The fraction of sp³-hybridized carbons (Fsp3) is 0.500. The van der Waals surface area contributed by atoms with E-state index in [9.17, 15) is 4.79 Å². The van der Waals surface area contributed by atoms with Crippen molar-refractivity contribution in [3.8, 4) is 0 Å². The van der Waals surface area contributed by atoms with Crippen LogP contribution in [0.5, 0.6) is 0 Å². The number of nitrogens with one attached hydrogen (secondary N) is 1. The number of nitrogens with two attached hydrogens (primary N) is 1. The minimum Gasteiger partial charge on any atom is -0.397 e. The largest absolute Gasteiger partial charge is 0.397 e. The molecule has 0 saturated heterocycles. The molecule has 1 rings (SSSR count). The highest BCUT2D eigenvalue weighted by molar-refractivity contribution is 6.33. The summed E-state index contributed by atoms with van der Waals surface area (Å²) in [5.74, 6) is -0.142. The molecule has 1 amide bonds. The fourth-order valence-electron chi connectivity index (χ4n) is 1.47. The number of methoxy groups -OCH3 is 1. The Kier molecular flexibility index (Phi) is 8.77. The predicted molar refractivity (Wildman–Crippen MR) is 82.6 cm³/mol. The SMILES string of the molecule is COCCOCCOCCC(=O)Nc1ccc(Cl)c(N)c1. The highest BCUT2D eigenvalue weighted by Gasteiger charge is 2.04. The summed E-state index contributed by atoms with van der Waals surface area (Å²) in [5.41, 5.74) is 6.70. The minimum absolute atomic E-state index is 0.142. The molecule has 0 atom stereocenters. The molecule has 0 heterocycles. The summed E-state index contributed by atoms with van der Waals surface area (Å²) >= 11 is 5.80. The van der Waals surface area contributed by atoms with Crippen molar-refractivity contribution in [2.75, 3.05) is 51.2 Å². The van der Waals surface area contributed by atoms with Gasteiger partial charge in [0.1, 0.15) is 0 Å². The number of ether oxygens (including phenoxy) is 3. The standard InChI is InChI=1S/C14H21ClN2O4/c1-19-6-7-21-9-8-20-5-4-14(18)17-11-2-3-12(15)13(16)10-11/h2-3,10H,4-9,16H2,1H3,(H,17,18). The zero-order valence-electron chi connectivity index (χ0n) is 12.1. The molecule has 21 heavy (non-hydrogen) atoms. The number of halogens is 1. The first-order valence-electron chi connectivity index (χ1n) is 6.62. The number of nitrogen functional groups attached to an aromatic ring is 1. The third-order valence-corrected chi connectivity index (χ3v) is 2.90. The molecule has 0 bridgehead atoms. The maximum atomic E-state index is 11.7. The van der Waals surface area contributed by atoms with E-state index in [4.69, 9.17) is 31.5 Å². The van der Waals surface area contributed by atoms with Crippen molar-refractivity contribution >= 4 is 28.9 Å². The first-order valence-corrected chi connectivity index (χ1v) is 7.00. The number of anilines is 2. The van der Waals surface area contributed by atoms with Gasteiger partial charge in [0, 0.05) is 12.8 Å². The van der Waals surface area contributed by atoms with Gasteiger partial charge in [-0.15, -0.1) is 0 Å². The number of hydrogen-bond donors (Lipinski definition) is 2. The number of carbonyl (C=O) groups is 1. The first-order chi connectivity index (χ1) is 10.1. The molecule has 0 fully saturated rings. The van der Waals surface area contributed by atoms with Crippen LogP contribution in [0.15, 0.2) is 18.2 Å². The third kappa shape index (κ3) is 7.87. The lowest BCUT2D eigenvalue weighted by molar-refractivity contribution is -0.117. The highest BCUT2D eigenvalue weighted by Crippen LogP contribution is 2.22. The van der Waals surface area contributed by atoms with Crippen LogP contribution in [-0.2, 0) is 19.0 Å². The van der Waals surface area contributed by atoms with Crippen LogP contribution in [0, 0.1) is 0 Å². The summed E-state index contributed by atoms with van der Waals surface area (Å²) in [7, 11) is 1.62. The van der Waals surface area contributed by atoms with Crippen molar-refractivity contribution in [2.24, 2.45) is 0 Å². The molecule has 7 heteroatoms. The average Bonchev–Trinajstić information content (AvgIpc) is 2.46. The van der Waals surface area contributed by atoms with Gasteiger partial charge in [0.2, 0.25) is 5.91 Å². The second kappa shape index (κ2) is 10.4. The number of carbonyl (C=O) groups excluding carboxylic acids is 1. The summed E-state index contributed by atoms with van der Waals surface area (Å²) in [5, 5.41) is 3.19. The second-order valence-electron chi connectivity index (χ2n) is 4.25. The van der Waals surface area contributed by atoms with E-state index in [-0.39, 0.29) is 12.3 Å². The lowest BCUT2D eigenvalue weighted by Gasteiger charge is -2.08. The molecule has 0 saturated carbocycles. The minimum atomic E-state index is -0.142. The molecule has 6 nitrogen and oxygen atoms in total. The molecule has 0 aliphatic rings. The van der Waals surface area contributed by atoms with Crippen LogP contribution in [0.1, 0.15) is 6.42 Å². The monoisotopic (exact) mass is 316 g/mol. The zero-order valence-corrected chi connectivity index (χ0v) is 12.8. The summed E-state index contributed by atoms with van der Waals surface area (Å²) < 4.78 is 15.4. The molecule has 1 aromatic carbocycles. The van der Waals surface area contributed by atoms with Crippen molar-refractivity contribution in [3.05, 3.63) is 23.2 Å². The Hall–Kier alpha value is -1.34. The van der Waals surface area contributed by atoms with Gasteiger partial charge in [0.25, 0.3) is 0 Å². The predicted octanol–water partition coefficient (Wildman–Crippen LogP) is 1.93. The Labute approximate surface area is 129 Å². The second-order valence-corrected chi connectivity index (χ2v) is 4.66. The van der Waals surface area contributed by atoms with Gasteiger partial charge in [-0.2, -0.15) is 0 Å². The molecule has 3 N–H and O–H groups in total. The van der Waals surface area contributed by atoms with Gasteiger partial charge in [-0.3, -0.25) is 4.79 Å². The molecule has 1 aromatic rings. The smallest absolute Gasteiger partial charge is 0.226 e.